The van der Waals surface area contributed by atoms with Gasteiger partial charge in [-0.15, -0.1) is 0 Å². The van der Waals surface area contributed by atoms with E-state index >= 15 is 0 Å². The molecule has 0 aliphatic heterocycles. The molecule has 1 fully saturated rings. The first-order valence-electron chi connectivity index (χ1n) is 8.27. The summed E-state index contributed by atoms with van der Waals surface area (Å²) in [5, 5.41) is 3.56. The van der Waals surface area contributed by atoms with Gasteiger partial charge in [-0.05, 0) is 50.0 Å². The van der Waals surface area contributed by atoms with Gasteiger partial charge in [0.05, 0.1) is 18.8 Å². The SMILES string of the molecule is CCCNCC1(OCCOC)CCC(C(C)(C)C)CC1. The van der Waals surface area contributed by atoms with Gasteiger partial charge >= 0.3 is 0 Å². The van der Waals surface area contributed by atoms with Crippen LogP contribution in [0, 0.1) is 11.3 Å². The third-order valence-electron chi connectivity index (χ3n) is 4.69. The van der Waals surface area contributed by atoms with Crippen molar-refractivity contribution in [2.45, 2.75) is 65.4 Å². The molecule has 0 aromatic rings. The second-order valence-corrected chi connectivity index (χ2v) is 7.34. The van der Waals surface area contributed by atoms with Crippen molar-refractivity contribution in [3.8, 4) is 0 Å². The average molecular weight is 285 g/mol. The van der Waals surface area contributed by atoms with E-state index in [0.717, 1.165) is 19.0 Å². The Bertz CT molecular complexity index is 240. The van der Waals surface area contributed by atoms with Crippen LogP contribution in [0.1, 0.15) is 59.8 Å². The van der Waals surface area contributed by atoms with Gasteiger partial charge in [-0.1, -0.05) is 27.7 Å². The Morgan fingerprint density at radius 3 is 2.30 bits per heavy atom. The first-order chi connectivity index (χ1) is 9.43. The van der Waals surface area contributed by atoms with Crippen molar-refractivity contribution >= 4 is 0 Å². The number of nitrogens with one attached hydrogen (secondary N) is 1. The maximum Gasteiger partial charge on any atom is 0.0807 e. The zero-order valence-corrected chi connectivity index (χ0v) is 14.3. The second-order valence-electron chi connectivity index (χ2n) is 7.34. The van der Waals surface area contributed by atoms with Crippen LogP contribution >= 0.6 is 0 Å². The summed E-state index contributed by atoms with van der Waals surface area (Å²) in [6.45, 7) is 12.8. The Hall–Kier alpha value is -0.120. The first-order valence-corrected chi connectivity index (χ1v) is 8.27. The Morgan fingerprint density at radius 1 is 1.15 bits per heavy atom. The summed E-state index contributed by atoms with van der Waals surface area (Å²) in [5.74, 6) is 0.827. The van der Waals surface area contributed by atoms with Crippen LogP contribution in [0.3, 0.4) is 0 Å². The lowest BCUT2D eigenvalue weighted by Gasteiger charge is -2.44. The monoisotopic (exact) mass is 285 g/mol. The molecule has 0 bridgehead atoms. The molecule has 1 aliphatic carbocycles. The van der Waals surface area contributed by atoms with Gasteiger partial charge in [0.2, 0.25) is 0 Å². The normalized spacial score (nSPS) is 27.8. The van der Waals surface area contributed by atoms with Crippen molar-refractivity contribution in [1.29, 1.82) is 0 Å². The van der Waals surface area contributed by atoms with Gasteiger partial charge < -0.3 is 14.8 Å². The maximum absolute atomic E-state index is 6.23. The van der Waals surface area contributed by atoms with Crippen LogP contribution < -0.4 is 5.32 Å². The predicted molar refractivity (Wildman–Crippen MR) is 85.1 cm³/mol. The van der Waals surface area contributed by atoms with E-state index in [-0.39, 0.29) is 5.60 Å². The van der Waals surface area contributed by atoms with Gasteiger partial charge in [-0.3, -0.25) is 0 Å². The van der Waals surface area contributed by atoms with Gasteiger partial charge in [0.1, 0.15) is 0 Å². The van der Waals surface area contributed by atoms with Crippen LogP contribution in [-0.2, 0) is 9.47 Å². The van der Waals surface area contributed by atoms with Crippen LogP contribution in [0.25, 0.3) is 0 Å². The lowest BCUT2D eigenvalue weighted by Crippen LogP contribution is -2.47. The Morgan fingerprint density at radius 2 is 1.80 bits per heavy atom. The maximum atomic E-state index is 6.23. The van der Waals surface area contributed by atoms with E-state index in [1.54, 1.807) is 7.11 Å². The Kier molecular flexibility index (Phi) is 7.49. The topological polar surface area (TPSA) is 30.5 Å². The van der Waals surface area contributed by atoms with Gasteiger partial charge in [-0.25, -0.2) is 0 Å². The molecule has 0 spiro atoms. The van der Waals surface area contributed by atoms with Crippen molar-refractivity contribution < 1.29 is 9.47 Å². The van der Waals surface area contributed by atoms with Crippen LogP contribution in [0.2, 0.25) is 0 Å². The van der Waals surface area contributed by atoms with E-state index in [4.69, 9.17) is 9.47 Å². The van der Waals surface area contributed by atoms with Gasteiger partial charge in [0.25, 0.3) is 0 Å². The Balaban J connectivity index is 2.52. The molecule has 1 aliphatic rings. The largest absolute Gasteiger partial charge is 0.382 e. The van der Waals surface area contributed by atoms with Gasteiger partial charge in [0.15, 0.2) is 0 Å². The lowest BCUT2D eigenvalue weighted by atomic mass is 9.68. The molecule has 1 rings (SSSR count). The fraction of sp³-hybridized carbons (Fsp3) is 1.00. The zero-order chi connectivity index (χ0) is 15.1. The molecule has 3 heteroatoms. The quantitative estimate of drug-likeness (QED) is 0.691. The van der Waals surface area contributed by atoms with Crippen LogP contribution in [0.5, 0.6) is 0 Å². The predicted octanol–water partition coefficient (Wildman–Crippen LogP) is 3.62. The van der Waals surface area contributed by atoms with Crippen molar-refractivity contribution in [3.63, 3.8) is 0 Å². The molecule has 0 aromatic carbocycles. The fourth-order valence-electron chi connectivity index (χ4n) is 3.22. The molecule has 0 radical (unpaired) electrons. The van der Waals surface area contributed by atoms with E-state index in [0.29, 0.717) is 18.6 Å². The highest BCUT2D eigenvalue weighted by Gasteiger charge is 2.39. The fourth-order valence-corrected chi connectivity index (χ4v) is 3.22. The van der Waals surface area contributed by atoms with Crippen LogP contribution in [-0.4, -0.2) is 39.0 Å². The highest BCUT2D eigenvalue weighted by Crippen LogP contribution is 2.42. The molecule has 0 saturated heterocycles. The van der Waals surface area contributed by atoms with E-state index in [1.165, 1.54) is 32.1 Å². The number of rotatable bonds is 8. The molecule has 0 atom stereocenters. The minimum absolute atomic E-state index is 0.0372. The molecule has 0 aromatic heterocycles. The minimum Gasteiger partial charge on any atom is -0.382 e. The van der Waals surface area contributed by atoms with E-state index in [9.17, 15) is 0 Å². The highest BCUT2D eigenvalue weighted by molar-refractivity contribution is 4.92. The summed E-state index contributed by atoms with van der Waals surface area (Å²) < 4.78 is 11.4. The van der Waals surface area contributed by atoms with E-state index in [2.05, 4.69) is 33.0 Å². The van der Waals surface area contributed by atoms with Crippen LogP contribution in [0.15, 0.2) is 0 Å². The van der Waals surface area contributed by atoms with Crippen molar-refractivity contribution in [3.05, 3.63) is 0 Å². The molecule has 1 saturated carbocycles. The minimum atomic E-state index is 0.0372. The average Bonchev–Trinajstić information content (AvgIpc) is 2.39. The summed E-state index contributed by atoms with van der Waals surface area (Å²) in [6.07, 6.45) is 6.10. The lowest BCUT2D eigenvalue weighted by molar-refractivity contribution is -0.0958. The molecule has 120 valence electrons. The molecule has 0 unspecified atom stereocenters. The molecule has 0 heterocycles. The van der Waals surface area contributed by atoms with E-state index < -0.39 is 0 Å². The first kappa shape index (κ1) is 17.9. The summed E-state index contributed by atoms with van der Waals surface area (Å²) >= 11 is 0. The standard InChI is InChI=1S/C17H35NO2/c1-6-11-18-14-17(20-13-12-19-5)9-7-15(8-10-17)16(2,3)4/h15,18H,6-14H2,1-5H3. The summed E-state index contributed by atoms with van der Waals surface area (Å²) in [4.78, 5) is 0. The third kappa shape index (κ3) is 5.71. The summed E-state index contributed by atoms with van der Waals surface area (Å²) in [6, 6.07) is 0. The van der Waals surface area contributed by atoms with Crippen molar-refractivity contribution in [2.75, 3.05) is 33.4 Å². The Labute approximate surface area is 125 Å². The number of hydrogen-bond donors (Lipinski definition) is 1. The van der Waals surface area contributed by atoms with Gasteiger partial charge in [-0.2, -0.15) is 0 Å². The molecular formula is C17H35NO2. The molecule has 0 amide bonds. The van der Waals surface area contributed by atoms with Crippen molar-refractivity contribution in [2.24, 2.45) is 11.3 Å². The van der Waals surface area contributed by atoms with Crippen molar-refractivity contribution in [1.82, 2.24) is 5.32 Å². The molecule has 1 N–H and O–H groups in total. The van der Waals surface area contributed by atoms with E-state index in [1.807, 2.05) is 0 Å². The zero-order valence-electron chi connectivity index (χ0n) is 14.3. The highest BCUT2D eigenvalue weighted by atomic mass is 16.5. The smallest absolute Gasteiger partial charge is 0.0807 e. The summed E-state index contributed by atoms with van der Waals surface area (Å²) in [7, 11) is 1.74. The second kappa shape index (κ2) is 8.35. The molecular weight excluding hydrogens is 250 g/mol. The molecule has 20 heavy (non-hydrogen) atoms. The number of ether oxygens (including phenoxy) is 2. The van der Waals surface area contributed by atoms with Gasteiger partial charge in [0, 0.05) is 13.7 Å². The number of methoxy groups -OCH3 is 1. The summed E-state index contributed by atoms with van der Waals surface area (Å²) in [5.41, 5.74) is 0.463. The third-order valence-corrected chi connectivity index (χ3v) is 4.69. The van der Waals surface area contributed by atoms with Crippen LogP contribution in [0.4, 0.5) is 0 Å². The number of hydrogen-bond acceptors (Lipinski definition) is 3. The molecule has 3 nitrogen and oxygen atoms in total.